The number of allylic oxidation sites excluding steroid dienone is 1. The Hall–Kier alpha value is -1.65. The average molecular weight is 389 g/mol. The van der Waals surface area contributed by atoms with E-state index in [2.05, 4.69) is 13.8 Å². The van der Waals surface area contributed by atoms with Gasteiger partial charge in [0.05, 0.1) is 20.1 Å². The highest BCUT2D eigenvalue weighted by Crippen LogP contribution is 2.67. The van der Waals surface area contributed by atoms with Crippen molar-refractivity contribution in [3.63, 3.8) is 0 Å². The van der Waals surface area contributed by atoms with Gasteiger partial charge in [-0.15, -0.1) is 0 Å². The number of fused-ring (bicyclic) bond motifs is 5. The lowest BCUT2D eigenvalue weighted by atomic mass is 9.46. The first-order valence-electron chi connectivity index (χ1n) is 10.7. The van der Waals surface area contributed by atoms with Gasteiger partial charge in [-0.05, 0) is 79.6 Å². The largest absolute Gasteiger partial charge is 0.469 e. The molecule has 3 fully saturated rings. The van der Waals surface area contributed by atoms with Crippen LogP contribution < -0.4 is 0 Å². The monoisotopic (exact) mass is 388 g/mol. The van der Waals surface area contributed by atoms with E-state index in [-0.39, 0.29) is 28.5 Å². The van der Waals surface area contributed by atoms with Crippen molar-refractivity contribution in [1.29, 1.82) is 0 Å². The molecule has 2 unspecified atom stereocenters. The first-order valence-corrected chi connectivity index (χ1v) is 10.7. The van der Waals surface area contributed by atoms with Crippen molar-refractivity contribution < 1.29 is 23.9 Å². The molecule has 154 valence electrons. The van der Waals surface area contributed by atoms with Crippen molar-refractivity contribution in [2.24, 2.45) is 40.4 Å². The standard InChI is InChI=1S/C23H32O5/c1-22-10-9-17-14(16(22)7-8-18(22)21(26)28-4)6-5-13-11-19(24)15(20(25)27-3)12-23(13,17)2/h11,14-18H,5-10,12H2,1-4H3/t14-,15?,16-,17+,18?,22-,23-/m0/s1. The first-order chi connectivity index (χ1) is 13.3. The zero-order valence-electron chi connectivity index (χ0n) is 17.5. The van der Waals surface area contributed by atoms with E-state index < -0.39 is 11.9 Å². The van der Waals surface area contributed by atoms with Gasteiger partial charge in [-0.2, -0.15) is 0 Å². The van der Waals surface area contributed by atoms with Crippen LogP contribution in [0.3, 0.4) is 0 Å². The molecule has 7 atom stereocenters. The average Bonchev–Trinajstić information content (AvgIpc) is 3.04. The molecule has 0 aromatic rings. The lowest BCUT2D eigenvalue weighted by Gasteiger charge is -2.58. The fourth-order valence-corrected chi connectivity index (χ4v) is 7.51. The van der Waals surface area contributed by atoms with E-state index in [4.69, 9.17) is 9.47 Å². The molecule has 5 heteroatoms. The van der Waals surface area contributed by atoms with Crippen molar-refractivity contribution in [2.75, 3.05) is 14.2 Å². The fraction of sp³-hybridized carbons (Fsp3) is 0.783. The number of ether oxygens (including phenoxy) is 2. The summed E-state index contributed by atoms with van der Waals surface area (Å²) < 4.78 is 10.0. The molecule has 0 heterocycles. The highest BCUT2D eigenvalue weighted by molar-refractivity contribution is 6.06. The molecular weight excluding hydrogens is 356 g/mol. The zero-order chi connectivity index (χ0) is 20.3. The number of methoxy groups -OCH3 is 2. The molecule has 0 amide bonds. The summed E-state index contributed by atoms with van der Waals surface area (Å²) in [5, 5.41) is 0. The van der Waals surface area contributed by atoms with Crippen LogP contribution in [0, 0.1) is 40.4 Å². The molecule has 0 aromatic heterocycles. The molecule has 3 saturated carbocycles. The highest BCUT2D eigenvalue weighted by Gasteiger charge is 2.61. The number of esters is 2. The quantitative estimate of drug-likeness (QED) is 0.533. The number of carbonyl (C=O) groups is 3. The van der Waals surface area contributed by atoms with Crippen LogP contribution in [-0.2, 0) is 23.9 Å². The summed E-state index contributed by atoms with van der Waals surface area (Å²) in [6, 6.07) is 0. The molecule has 4 aliphatic rings. The number of hydrogen-bond acceptors (Lipinski definition) is 5. The van der Waals surface area contributed by atoms with E-state index >= 15 is 0 Å². The van der Waals surface area contributed by atoms with E-state index in [1.165, 1.54) is 19.8 Å². The molecule has 0 saturated heterocycles. The summed E-state index contributed by atoms with van der Waals surface area (Å²) in [5.41, 5.74) is 1.11. The second-order valence-corrected chi connectivity index (χ2v) is 9.88. The summed E-state index contributed by atoms with van der Waals surface area (Å²) in [6.07, 6.45) is 8.37. The Balaban J connectivity index is 1.65. The van der Waals surface area contributed by atoms with Crippen molar-refractivity contribution in [2.45, 2.75) is 58.8 Å². The lowest BCUT2D eigenvalue weighted by Crippen LogP contribution is -2.52. The van der Waals surface area contributed by atoms with Crippen molar-refractivity contribution in [3.05, 3.63) is 11.6 Å². The maximum atomic E-state index is 12.5. The predicted octanol–water partition coefficient (Wildman–Crippen LogP) is 3.71. The van der Waals surface area contributed by atoms with Gasteiger partial charge in [-0.1, -0.05) is 19.4 Å². The third-order valence-electron chi connectivity index (χ3n) is 9.00. The second-order valence-electron chi connectivity index (χ2n) is 9.88. The fourth-order valence-electron chi connectivity index (χ4n) is 7.51. The summed E-state index contributed by atoms with van der Waals surface area (Å²) in [4.78, 5) is 37.1. The maximum Gasteiger partial charge on any atom is 0.316 e. The van der Waals surface area contributed by atoms with Gasteiger partial charge < -0.3 is 9.47 Å². The molecule has 4 aliphatic carbocycles. The smallest absolute Gasteiger partial charge is 0.316 e. The van der Waals surface area contributed by atoms with Gasteiger partial charge in [0.2, 0.25) is 0 Å². The Morgan fingerprint density at radius 2 is 1.71 bits per heavy atom. The highest BCUT2D eigenvalue weighted by atomic mass is 16.5. The molecule has 4 rings (SSSR count). The van der Waals surface area contributed by atoms with Crippen molar-refractivity contribution >= 4 is 17.7 Å². The Kier molecular flexibility index (Phi) is 4.71. The molecule has 0 spiro atoms. The molecule has 28 heavy (non-hydrogen) atoms. The molecule has 0 bridgehead atoms. The van der Waals surface area contributed by atoms with E-state index in [0.29, 0.717) is 24.2 Å². The topological polar surface area (TPSA) is 69.7 Å². The van der Waals surface area contributed by atoms with Gasteiger partial charge in [-0.25, -0.2) is 0 Å². The Morgan fingerprint density at radius 1 is 1.00 bits per heavy atom. The molecule has 0 aliphatic heterocycles. The van der Waals surface area contributed by atoms with Crippen LogP contribution in [0.1, 0.15) is 58.8 Å². The minimum Gasteiger partial charge on any atom is -0.469 e. The Morgan fingerprint density at radius 3 is 2.39 bits per heavy atom. The van der Waals surface area contributed by atoms with E-state index in [1.54, 1.807) is 6.08 Å². The maximum absolute atomic E-state index is 12.5. The van der Waals surface area contributed by atoms with Crippen molar-refractivity contribution in [3.8, 4) is 0 Å². The van der Waals surface area contributed by atoms with Crippen LogP contribution in [0.5, 0.6) is 0 Å². The van der Waals surface area contributed by atoms with E-state index in [0.717, 1.165) is 38.5 Å². The second kappa shape index (κ2) is 6.70. The first kappa shape index (κ1) is 19.7. The Bertz CT molecular complexity index is 739. The van der Waals surface area contributed by atoms with E-state index in [9.17, 15) is 14.4 Å². The third kappa shape index (κ3) is 2.61. The van der Waals surface area contributed by atoms with Crippen molar-refractivity contribution in [1.82, 2.24) is 0 Å². The van der Waals surface area contributed by atoms with E-state index in [1.807, 2.05) is 0 Å². The van der Waals surface area contributed by atoms with Crippen LogP contribution in [0.15, 0.2) is 11.6 Å². The SMILES string of the molecule is COC(=O)C1C[C@@]2(C)C(=CC1=O)CC[C@@H]1[C@H]2CC[C@]2(C)C(C(=O)OC)CC[C@@H]12. The summed E-state index contributed by atoms with van der Waals surface area (Å²) in [5.74, 6) is 0.300. The van der Waals surface area contributed by atoms with Gasteiger partial charge in [0, 0.05) is 0 Å². The molecular formula is C23H32O5. The number of ketones is 1. The summed E-state index contributed by atoms with van der Waals surface area (Å²) in [6.45, 7) is 4.55. The van der Waals surface area contributed by atoms with Gasteiger partial charge in [0.25, 0.3) is 0 Å². The zero-order valence-corrected chi connectivity index (χ0v) is 17.5. The molecule has 0 N–H and O–H groups in total. The van der Waals surface area contributed by atoms with Crippen LogP contribution in [0.25, 0.3) is 0 Å². The predicted molar refractivity (Wildman–Crippen MR) is 103 cm³/mol. The molecule has 0 aromatic carbocycles. The van der Waals surface area contributed by atoms with Crippen LogP contribution in [0.4, 0.5) is 0 Å². The minimum absolute atomic E-state index is 0.00365. The number of hydrogen-bond donors (Lipinski definition) is 0. The molecule has 0 radical (unpaired) electrons. The van der Waals surface area contributed by atoms with Gasteiger partial charge in [0.1, 0.15) is 5.92 Å². The van der Waals surface area contributed by atoms with Gasteiger partial charge in [0.15, 0.2) is 5.78 Å². The lowest BCUT2D eigenvalue weighted by molar-refractivity contribution is -0.156. The molecule has 5 nitrogen and oxygen atoms in total. The van der Waals surface area contributed by atoms with Gasteiger partial charge >= 0.3 is 11.9 Å². The number of carbonyl (C=O) groups excluding carboxylic acids is 3. The van der Waals surface area contributed by atoms with Crippen LogP contribution in [0.2, 0.25) is 0 Å². The third-order valence-corrected chi connectivity index (χ3v) is 9.00. The van der Waals surface area contributed by atoms with Crippen LogP contribution in [-0.4, -0.2) is 31.9 Å². The summed E-state index contributed by atoms with van der Waals surface area (Å²) >= 11 is 0. The van der Waals surface area contributed by atoms with Gasteiger partial charge in [-0.3, -0.25) is 14.4 Å². The normalized spacial score (nSPS) is 44.6. The van der Waals surface area contributed by atoms with Crippen LogP contribution >= 0.6 is 0 Å². The number of rotatable bonds is 2. The Labute approximate surface area is 167 Å². The summed E-state index contributed by atoms with van der Waals surface area (Å²) in [7, 11) is 2.85. The minimum atomic E-state index is -0.669.